The molecular formula is C17H14ClF3N4O. The Morgan fingerprint density at radius 3 is 2.69 bits per heavy atom. The van der Waals surface area contributed by atoms with Gasteiger partial charge in [0.25, 0.3) is 0 Å². The van der Waals surface area contributed by atoms with Gasteiger partial charge in [-0.05, 0) is 12.1 Å². The lowest BCUT2D eigenvalue weighted by Gasteiger charge is -2.34. The van der Waals surface area contributed by atoms with Crippen LogP contribution in [-0.2, 0) is 12.1 Å². The van der Waals surface area contributed by atoms with E-state index >= 15 is 0 Å². The van der Waals surface area contributed by atoms with Crippen molar-refractivity contribution in [1.82, 2.24) is 19.7 Å². The fourth-order valence-corrected chi connectivity index (χ4v) is 2.97. The molecule has 1 aromatic carbocycles. The quantitative estimate of drug-likeness (QED) is 0.734. The number of pyridine rings is 1. The van der Waals surface area contributed by atoms with E-state index in [1.807, 2.05) is 0 Å². The highest BCUT2D eigenvalue weighted by Gasteiger charge is 2.42. The number of aromatic nitrogens is 4. The number of rotatable bonds is 5. The monoisotopic (exact) mass is 382 g/mol. The molecule has 2 heterocycles. The van der Waals surface area contributed by atoms with Crippen molar-refractivity contribution in [2.45, 2.75) is 25.0 Å². The first-order valence-electron chi connectivity index (χ1n) is 7.63. The van der Waals surface area contributed by atoms with E-state index in [4.69, 9.17) is 11.6 Å². The van der Waals surface area contributed by atoms with E-state index in [9.17, 15) is 18.3 Å². The first-order chi connectivity index (χ1) is 12.3. The molecule has 136 valence electrons. The van der Waals surface area contributed by atoms with E-state index in [-0.39, 0.29) is 22.8 Å². The van der Waals surface area contributed by atoms with Crippen molar-refractivity contribution in [3.63, 3.8) is 0 Å². The number of nitrogens with zero attached hydrogens (tertiary/aromatic N) is 4. The van der Waals surface area contributed by atoms with E-state index < -0.39 is 29.0 Å². The molecule has 3 rings (SSSR count). The lowest BCUT2D eigenvalue weighted by atomic mass is 9.79. The zero-order valence-corrected chi connectivity index (χ0v) is 14.3. The van der Waals surface area contributed by atoms with Crippen LogP contribution in [0.5, 0.6) is 0 Å². The smallest absolute Gasteiger partial charge is 0.163 e. The van der Waals surface area contributed by atoms with Crippen molar-refractivity contribution in [3.05, 3.63) is 76.8 Å². The molecule has 0 fully saturated rings. The Morgan fingerprint density at radius 2 is 2.04 bits per heavy atom. The van der Waals surface area contributed by atoms with Gasteiger partial charge in [-0.15, -0.1) is 0 Å². The summed E-state index contributed by atoms with van der Waals surface area (Å²) < 4.78 is 43.5. The fraction of sp³-hybridized carbons (Fsp3) is 0.235. The van der Waals surface area contributed by atoms with Gasteiger partial charge in [-0.25, -0.2) is 22.8 Å². The molecule has 26 heavy (non-hydrogen) atoms. The topological polar surface area (TPSA) is 63.8 Å². The first kappa shape index (κ1) is 18.3. The molecule has 2 atom stereocenters. The van der Waals surface area contributed by atoms with Gasteiger partial charge in [-0.1, -0.05) is 24.6 Å². The summed E-state index contributed by atoms with van der Waals surface area (Å²) in [7, 11) is 0. The number of hydrogen-bond acceptors (Lipinski definition) is 4. The Kier molecular flexibility index (Phi) is 4.97. The minimum atomic E-state index is -2.00. The lowest BCUT2D eigenvalue weighted by Crippen LogP contribution is -2.39. The minimum Gasteiger partial charge on any atom is -0.382 e. The van der Waals surface area contributed by atoms with Crippen LogP contribution in [0.3, 0.4) is 0 Å². The van der Waals surface area contributed by atoms with Crippen LogP contribution in [-0.4, -0.2) is 24.9 Å². The van der Waals surface area contributed by atoms with Crippen molar-refractivity contribution >= 4 is 11.6 Å². The first-order valence-corrected chi connectivity index (χ1v) is 8.01. The summed E-state index contributed by atoms with van der Waals surface area (Å²) in [6.07, 6.45) is 3.85. The van der Waals surface area contributed by atoms with Gasteiger partial charge in [-0.2, -0.15) is 5.10 Å². The van der Waals surface area contributed by atoms with Gasteiger partial charge < -0.3 is 5.11 Å². The number of hydrogen-bond donors (Lipinski definition) is 1. The summed E-state index contributed by atoms with van der Waals surface area (Å²) in [4.78, 5) is 7.72. The summed E-state index contributed by atoms with van der Waals surface area (Å²) in [6, 6.07) is 4.04. The molecule has 3 aromatic rings. The SMILES string of the molecule is CC(c1nccc(Cl)c1F)C(O)(Cn1cncn1)c1ccc(F)cc1F. The van der Waals surface area contributed by atoms with Crippen molar-refractivity contribution in [2.24, 2.45) is 0 Å². The molecule has 0 bridgehead atoms. The molecule has 2 unspecified atom stereocenters. The van der Waals surface area contributed by atoms with Crippen molar-refractivity contribution in [2.75, 3.05) is 0 Å². The fourth-order valence-electron chi connectivity index (χ4n) is 2.82. The van der Waals surface area contributed by atoms with Gasteiger partial charge in [-0.3, -0.25) is 4.98 Å². The highest BCUT2D eigenvalue weighted by atomic mass is 35.5. The molecule has 0 amide bonds. The third-order valence-corrected chi connectivity index (χ3v) is 4.55. The Labute approximate surface area is 152 Å². The Bertz CT molecular complexity index is 922. The number of aliphatic hydroxyl groups is 1. The van der Waals surface area contributed by atoms with E-state index in [2.05, 4.69) is 15.1 Å². The van der Waals surface area contributed by atoms with Gasteiger partial charge in [0.15, 0.2) is 5.82 Å². The third kappa shape index (κ3) is 3.30. The molecule has 9 heteroatoms. The van der Waals surface area contributed by atoms with E-state index in [1.165, 1.54) is 36.5 Å². The van der Waals surface area contributed by atoms with Crippen LogP contribution in [0.25, 0.3) is 0 Å². The van der Waals surface area contributed by atoms with E-state index in [0.717, 1.165) is 12.1 Å². The molecule has 5 nitrogen and oxygen atoms in total. The normalized spacial score (nSPS) is 14.8. The Balaban J connectivity index is 2.15. The number of benzene rings is 1. The average molecular weight is 383 g/mol. The van der Waals surface area contributed by atoms with Gasteiger partial charge >= 0.3 is 0 Å². The molecule has 0 saturated carbocycles. The molecular weight excluding hydrogens is 369 g/mol. The highest BCUT2D eigenvalue weighted by Crippen LogP contribution is 2.40. The average Bonchev–Trinajstić information content (AvgIpc) is 3.09. The molecule has 0 saturated heterocycles. The maximum absolute atomic E-state index is 14.4. The van der Waals surface area contributed by atoms with Crippen LogP contribution in [0.1, 0.15) is 24.1 Å². The molecule has 0 aliphatic carbocycles. The zero-order chi connectivity index (χ0) is 18.9. The predicted molar refractivity (Wildman–Crippen MR) is 87.9 cm³/mol. The molecule has 1 N–H and O–H groups in total. The third-order valence-electron chi connectivity index (χ3n) is 4.26. The molecule has 0 radical (unpaired) electrons. The maximum atomic E-state index is 14.4. The predicted octanol–water partition coefficient (Wildman–Crippen LogP) is 3.44. The molecule has 2 aromatic heterocycles. The second kappa shape index (κ2) is 7.05. The summed E-state index contributed by atoms with van der Waals surface area (Å²) in [5.74, 6) is -3.62. The van der Waals surface area contributed by atoms with Crippen molar-refractivity contribution in [3.8, 4) is 0 Å². The van der Waals surface area contributed by atoms with Crippen LogP contribution < -0.4 is 0 Å². The second-order valence-corrected chi connectivity index (χ2v) is 6.26. The van der Waals surface area contributed by atoms with Crippen LogP contribution >= 0.6 is 11.6 Å². The highest BCUT2D eigenvalue weighted by molar-refractivity contribution is 6.30. The molecule has 0 aliphatic rings. The molecule has 0 aliphatic heterocycles. The van der Waals surface area contributed by atoms with Gasteiger partial charge in [0, 0.05) is 23.7 Å². The summed E-state index contributed by atoms with van der Waals surface area (Å²) >= 11 is 5.80. The van der Waals surface area contributed by atoms with Crippen molar-refractivity contribution < 1.29 is 18.3 Å². The zero-order valence-electron chi connectivity index (χ0n) is 13.6. The largest absolute Gasteiger partial charge is 0.382 e. The Hall–Kier alpha value is -2.45. The van der Waals surface area contributed by atoms with E-state index in [1.54, 1.807) is 0 Å². The van der Waals surface area contributed by atoms with Crippen LogP contribution in [0.15, 0.2) is 43.1 Å². The van der Waals surface area contributed by atoms with Gasteiger partial charge in [0.05, 0.1) is 17.3 Å². The standard InChI is InChI=1S/C17H14ClF3N4O/c1-10(16-15(21)13(18)4-5-23-16)17(26,7-25-9-22-8-24-25)12-3-2-11(19)6-14(12)20/h2-6,8-10,26H,7H2,1H3. The van der Waals surface area contributed by atoms with Gasteiger partial charge in [0.1, 0.15) is 29.9 Å². The van der Waals surface area contributed by atoms with E-state index in [0.29, 0.717) is 6.07 Å². The van der Waals surface area contributed by atoms with Gasteiger partial charge in [0.2, 0.25) is 0 Å². The minimum absolute atomic E-state index is 0.149. The summed E-state index contributed by atoms with van der Waals surface area (Å²) in [5, 5.41) is 15.1. The number of halogens is 4. The lowest BCUT2D eigenvalue weighted by molar-refractivity contribution is -0.0133. The molecule has 0 spiro atoms. The maximum Gasteiger partial charge on any atom is 0.163 e. The van der Waals surface area contributed by atoms with Crippen molar-refractivity contribution in [1.29, 1.82) is 0 Å². The van der Waals surface area contributed by atoms with Crippen LogP contribution in [0.2, 0.25) is 5.02 Å². The summed E-state index contributed by atoms with van der Waals surface area (Å²) in [5.41, 5.74) is -2.36. The van der Waals surface area contributed by atoms with Crippen LogP contribution in [0, 0.1) is 17.5 Å². The van der Waals surface area contributed by atoms with Crippen LogP contribution in [0.4, 0.5) is 13.2 Å². The summed E-state index contributed by atoms with van der Waals surface area (Å²) in [6.45, 7) is 1.21. The Morgan fingerprint density at radius 1 is 1.27 bits per heavy atom. The second-order valence-electron chi connectivity index (χ2n) is 5.86.